The van der Waals surface area contributed by atoms with Crippen LogP contribution in [0.4, 0.5) is 5.69 Å². The minimum atomic E-state index is -0.487. The molecule has 1 aromatic heterocycles. The van der Waals surface area contributed by atoms with Gasteiger partial charge in [0.15, 0.2) is 0 Å². The fourth-order valence-corrected chi connectivity index (χ4v) is 2.52. The summed E-state index contributed by atoms with van der Waals surface area (Å²) in [4.78, 5) is 22.1. The number of aromatic amines is 1. The van der Waals surface area contributed by atoms with Gasteiger partial charge in [0, 0.05) is 23.3 Å². The van der Waals surface area contributed by atoms with Crippen molar-refractivity contribution < 1.29 is 14.5 Å². The average Bonchev–Trinajstić information content (AvgIpc) is 3.17. The fourth-order valence-electron chi connectivity index (χ4n) is 2.52. The predicted molar refractivity (Wildman–Crippen MR) is 103 cm³/mol. The van der Waals surface area contributed by atoms with Crippen molar-refractivity contribution in [1.82, 2.24) is 15.6 Å². The van der Waals surface area contributed by atoms with Crippen LogP contribution in [-0.2, 0) is 11.2 Å². The van der Waals surface area contributed by atoms with Gasteiger partial charge in [-0.2, -0.15) is 10.2 Å². The maximum Gasteiger partial charge on any atom is 0.269 e. The summed E-state index contributed by atoms with van der Waals surface area (Å²) in [6.45, 7) is 0. The van der Waals surface area contributed by atoms with Gasteiger partial charge in [0.2, 0.25) is 5.91 Å². The van der Waals surface area contributed by atoms with Gasteiger partial charge < -0.3 is 4.74 Å². The molecule has 2 aromatic carbocycles. The highest BCUT2D eigenvalue weighted by atomic mass is 16.6. The third-order valence-electron chi connectivity index (χ3n) is 3.95. The number of hydrogen-bond acceptors (Lipinski definition) is 6. The second-order valence-corrected chi connectivity index (χ2v) is 5.82. The number of amides is 1. The number of nitrogens with zero attached hydrogens (tertiary/aromatic N) is 3. The Morgan fingerprint density at radius 2 is 1.96 bits per heavy atom. The molecule has 9 heteroatoms. The molecule has 0 fully saturated rings. The van der Waals surface area contributed by atoms with Crippen molar-refractivity contribution in [2.45, 2.75) is 6.42 Å². The number of non-ortho nitro benzene ring substituents is 1. The molecule has 0 aliphatic heterocycles. The van der Waals surface area contributed by atoms with Crippen LogP contribution in [0.2, 0.25) is 0 Å². The van der Waals surface area contributed by atoms with Gasteiger partial charge in [-0.15, -0.1) is 0 Å². The Kier molecular flexibility index (Phi) is 5.75. The number of hydrazone groups is 1. The van der Waals surface area contributed by atoms with Crippen molar-refractivity contribution in [3.63, 3.8) is 0 Å². The topological polar surface area (TPSA) is 123 Å². The summed E-state index contributed by atoms with van der Waals surface area (Å²) in [7, 11) is 1.60. The number of nitro benzene ring substituents is 1. The first-order chi connectivity index (χ1) is 13.6. The first-order valence-corrected chi connectivity index (χ1v) is 8.30. The van der Waals surface area contributed by atoms with Gasteiger partial charge >= 0.3 is 0 Å². The Morgan fingerprint density at radius 3 is 2.61 bits per heavy atom. The number of carbonyl (C=O) groups excluding carboxylic acids is 1. The van der Waals surface area contributed by atoms with E-state index in [9.17, 15) is 14.9 Å². The van der Waals surface area contributed by atoms with Crippen molar-refractivity contribution in [3.8, 4) is 17.0 Å². The second kappa shape index (κ2) is 8.58. The van der Waals surface area contributed by atoms with Crippen molar-refractivity contribution in [1.29, 1.82) is 0 Å². The first-order valence-electron chi connectivity index (χ1n) is 8.30. The molecule has 3 aromatic rings. The van der Waals surface area contributed by atoms with E-state index in [1.54, 1.807) is 25.4 Å². The Balaban J connectivity index is 1.61. The van der Waals surface area contributed by atoms with Crippen molar-refractivity contribution in [2.75, 3.05) is 7.11 Å². The van der Waals surface area contributed by atoms with E-state index >= 15 is 0 Å². The summed E-state index contributed by atoms with van der Waals surface area (Å²) >= 11 is 0. The van der Waals surface area contributed by atoms with E-state index in [4.69, 9.17) is 4.74 Å². The maximum atomic E-state index is 12.0. The Morgan fingerprint density at radius 1 is 1.25 bits per heavy atom. The molecular formula is C19H17N5O4. The van der Waals surface area contributed by atoms with Crippen LogP contribution >= 0.6 is 0 Å². The number of nitrogens with one attached hydrogen (secondary N) is 2. The third-order valence-corrected chi connectivity index (χ3v) is 3.95. The van der Waals surface area contributed by atoms with Crippen molar-refractivity contribution >= 4 is 17.8 Å². The Labute approximate surface area is 160 Å². The molecule has 28 heavy (non-hydrogen) atoms. The van der Waals surface area contributed by atoms with E-state index < -0.39 is 4.92 Å². The van der Waals surface area contributed by atoms with E-state index in [-0.39, 0.29) is 18.0 Å². The SMILES string of the molecule is COc1ccc(-c2[nH]ncc2/C=N\NC(=O)Cc2ccc([N+](=O)[O-])cc2)cc1. The maximum absolute atomic E-state index is 12.0. The molecule has 0 aliphatic rings. The van der Waals surface area contributed by atoms with E-state index in [2.05, 4.69) is 20.7 Å². The molecule has 0 unspecified atom stereocenters. The zero-order chi connectivity index (χ0) is 19.9. The summed E-state index contributed by atoms with van der Waals surface area (Å²) in [5.41, 5.74) is 5.44. The quantitative estimate of drug-likeness (QED) is 0.371. The standard InChI is InChI=1S/C19H17N5O4/c1-28-17-8-4-14(5-9-17)19-15(12-21-23-19)11-20-22-18(25)10-13-2-6-16(7-3-13)24(26)27/h2-9,11-12H,10H2,1H3,(H,21,23)(H,22,25)/b20-11-. The number of H-pyrrole nitrogens is 1. The molecule has 0 saturated heterocycles. The van der Waals surface area contributed by atoms with Crippen LogP contribution in [0, 0.1) is 10.1 Å². The number of nitro groups is 1. The predicted octanol–water partition coefficient (Wildman–Crippen LogP) is 2.69. The van der Waals surface area contributed by atoms with Gasteiger partial charge in [0.25, 0.3) is 5.69 Å². The molecule has 142 valence electrons. The van der Waals surface area contributed by atoms with Crippen LogP contribution < -0.4 is 10.2 Å². The summed E-state index contributed by atoms with van der Waals surface area (Å²) in [5, 5.41) is 21.5. The summed E-state index contributed by atoms with van der Waals surface area (Å²) in [5.74, 6) is 0.414. The fraction of sp³-hybridized carbons (Fsp3) is 0.105. The van der Waals surface area contributed by atoms with Crippen LogP contribution in [0.1, 0.15) is 11.1 Å². The molecule has 1 amide bonds. The van der Waals surface area contributed by atoms with Crippen LogP contribution in [-0.4, -0.2) is 34.4 Å². The highest BCUT2D eigenvalue weighted by Gasteiger charge is 2.08. The summed E-state index contributed by atoms with van der Waals surface area (Å²) in [6, 6.07) is 13.2. The molecule has 0 aliphatic carbocycles. The highest BCUT2D eigenvalue weighted by Crippen LogP contribution is 2.22. The Bertz CT molecular complexity index is 994. The first kappa shape index (κ1) is 18.8. The monoisotopic (exact) mass is 379 g/mol. The zero-order valence-corrected chi connectivity index (χ0v) is 15.0. The number of hydrogen-bond donors (Lipinski definition) is 2. The minimum Gasteiger partial charge on any atom is -0.497 e. The second-order valence-electron chi connectivity index (χ2n) is 5.82. The normalized spacial score (nSPS) is 10.8. The average molecular weight is 379 g/mol. The largest absolute Gasteiger partial charge is 0.497 e. The van der Waals surface area contributed by atoms with Crippen molar-refractivity contribution in [2.24, 2.45) is 5.10 Å². The molecular weight excluding hydrogens is 362 g/mol. The molecule has 3 rings (SSSR count). The molecule has 2 N–H and O–H groups in total. The molecule has 0 saturated carbocycles. The van der Waals surface area contributed by atoms with Crippen LogP contribution in [0.3, 0.4) is 0 Å². The highest BCUT2D eigenvalue weighted by molar-refractivity contribution is 5.89. The van der Waals surface area contributed by atoms with Gasteiger partial charge in [-0.05, 0) is 29.8 Å². The third kappa shape index (κ3) is 4.58. The summed E-state index contributed by atoms with van der Waals surface area (Å²) in [6.07, 6.45) is 3.16. The number of aromatic nitrogens is 2. The molecule has 1 heterocycles. The number of benzene rings is 2. The zero-order valence-electron chi connectivity index (χ0n) is 15.0. The molecule has 0 bridgehead atoms. The van der Waals surface area contributed by atoms with Gasteiger partial charge in [0.1, 0.15) is 5.75 Å². The van der Waals surface area contributed by atoms with Gasteiger partial charge in [-0.1, -0.05) is 12.1 Å². The van der Waals surface area contributed by atoms with Gasteiger partial charge in [0.05, 0.1) is 36.6 Å². The Hall–Kier alpha value is -4.01. The minimum absolute atomic E-state index is 0.0202. The number of ether oxygens (including phenoxy) is 1. The van der Waals surface area contributed by atoms with E-state index in [0.29, 0.717) is 11.1 Å². The van der Waals surface area contributed by atoms with Crippen LogP contribution in [0.25, 0.3) is 11.3 Å². The van der Waals surface area contributed by atoms with Crippen LogP contribution in [0.15, 0.2) is 59.8 Å². The van der Waals surface area contributed by atoms with Crippen molar-refractivity contribution in [3.05, 3.63) is 76.0 Å². The lowest BCUT2D eigenvalue weighted by molar-refractivity contribution is -0.384. The van der Waals surface area contributed by atoms with Gasteiger partial charge in [-0.3, -0.25) is 20.0 Å². The van der Waals surface area contributed by atoms with E-state index in [1.165, 1.54) is 18.3 Å². The molecule has 0 spiro atoms. The smallest absolute Gasteiger partial charge is 0.269 e. The number of rotatable bonds is 7. The van der Waals surface area contributed by atoms with Gasteiger partial charge in [-0.25, -0.2) is 5.43 Å². The lowest BCUT2D eigenvalue weighted by Crippen LogP contribution is -2.19. The van der Waals surface area contributed by atoms with E-state index in [1.807, 2.05) is 24.3 Å². The lowest BCUT2D eigenvalue weighted by atomic mass is 10.1. The van der Waals surface area contributed by atoms with Crippen LogP contribution in [0.5, 0.6) is 5.75 Å². The number of carbonyl (C=O) groups is 1. The lowest BCUT2D eigenvalue weighted by Gasteiger charge is -2.03. The summed E-state index contributed by atoms with van der Waals surface area (Å²) < 4.78 is 5.14. The van der Waals surface area contributed by atoms with E-state index in [0.717, 1.165) is 17.0 Å². The molecule has 0 atom stereocenters. The molecule has 0 radical (unpaired) electrons. The molecule has 9 nitrogen and oxygen atoms in total. The number of methoxy groups -OCH3 is 1.